The first kappa shape index (κ1) is 24.0. The van der Waals surface area contributed by atoms with E-state index in [-0.39, 0.29) is 5.91 Å². The van der Waals surface area contributed by atoms with Crippen molar-refractivity contribution in [2.45, 2.75) is 32.2 Å². The van der Waals surface area contributed by atoms with E-state index >= 15 is 0 Å². The van der Waals surface area contributed by atoms with Crippen molar-refractivity contribution in [2.24, 2.45) is 0 Å². The molecular weight excluding hydrogens is 496 g/mol. The number of hydrogen-bond acceptors (Lipinski definition) is 4. The van der Waals surface area contributed by atoms with Crippen LogP contribution in [0, 0.1) is 6.92 Å². The van der Waals surface area contributed by atoms with E-state index in [1.807, 2.05) is 120 Å². The zero-order chi connectivity index (χ0) is 27.1. The molecule has 0 radical (unpaired) electrons. The Morgan fingerprint density at radius 3 is 2.20 bits per heavy atom. The van der Waals surface area contributed by atoms with Crippen LogP contribution in [0.3, 0.4) is 0 Å². The van der Waals surface area contributed by atoms with E-state index < -0.39 is 0 Å². The van der Waals surface area contributed by atoms with Crippen molar-refractivity contribution in [3.05, 3.63) is 126 Å². The highest BCUT2D eigenvalue weighted by Gasteiger charge is 2.29. The van der Waals surface area contributed by atoms with E-state index in [4.69, 9.17) is 15.2 Å². The number of para-hydroxylation sites is 2. The molecule has 0 saturated heterocycles. The summed E-state index contributed by atoms with van der Waals surface area (Å²) < 4.78 is 3.72. The highest BCUT2D eigenvalue weighted by molar-refractivity contribution is 6.06. The van der Waals surface area contributed by atoms with Gasteiger partial charge in [-0.3, -0.25) is 4.79 Å². The van der Waals surface area contributed by atoms with Crippen LogP contribution < -0.4 is 5.32 Å². The predicted molar refractivity (Wildman–Crippen MR) is 156 cm³/mol. The highest BCUT2D eigenvalue weighted by Crippen LogP contribution is 2.40. The number of hydrogen-bond donors (Lipinski definition) is 1. The fourth-order valence-corrected chi connectivity index (χ4v) is 5.19. The van der Waals surface area contributed by atoms with Crippen LogP contribution in [-0.2, 0) is 6.54 Å². The van der Waals surface area contributed by atoms with E-state index in [9.17, 15) is 4.79 Å². The fourth-order valence-electron chi connectivity index (χ4n) is 5.19. The summed E-state index contributed by atoms with van der Waals surface area (Å²) in [7, 11) is 0. The maximum absolute atomic E-state index is 13.8. The number of aryl methyl sites for hydroxylation is 1. The molecule has 0 bridgehead atoms. The molecule has 196 valence electrons. The van der Waals surface area contributed by atoms with Gasteiger partial charge in [0.15, 0.2) is 5.65 Å². The molecule has 1 fully saturated rings. The summed E-state index contributed by atoms with van der Waals surface area (Å²) >= 11 is 0. The second-order valence-electron chi connectivity index (χ2n) is 10.2. The molecule has 0 unspecified atom stereocenters. The maximum Gasteiger partial charge on any atom is 0.252 e. The minimum Gasteiger partial charge on any atom is -0.348 e. The summed E-state index contributed by atoms with van der Waals surface area (Å²) in [4.78, 5) is 18.8. The average Bonchev–Trinajstić information content (AvgIpc) is 3.69. The van der Waals surface area contributed by atoms with Crippen molar-refractivity contribution in [1.82, 2.24) is 29.9 Å². The largest absolute Gasteiger partial charge is 0.348 e. The number of aromatic nitrogens is 5. The molecule has 0 atom stereocenters. The van der Waals surface area contributed by atoms with Crippen molar-refractivity contribution in [2.75, 3.05) is 0 Å². The molecule has 7 rings (SSSR count). The van der Waals surface area contributed by atoms with E-state index in [1.54, 1.807) is 0 Å². The Morgan fingerprint density at radius 2 is 1.52 bits per heavy atom. The number of fused-ring (bicyclic) bond motifs is 1. The minimum absolute atomic E-state index is 0.142. The van der Waals surface area contributed by atoms with E-state index in [0.29, 0.717) is 18.0 Å². The molecule has 1 aliphatic carbocycles. The van der Waals surface area contributed by atoms with E-state index in [2.05, 4.69) is 5.32 Å². The molecule has 6 aromatic rings. The van der Waals surface area contributed by atoms with Gasteiger partial charge >= 0.3 is 0 Å². The second kappa shape index (κ2) is 9.93. The lowest BCUT2D eigenvalue weighted by atomic mass is 10.1. The molecule has 0 aliphatic heterocycles. The van der Waals surface area contributed by atoms with Crippen molar-refractivity contribution in [1.29, 1.82) is 0 Å². The zero-order valence-corrected chi connectivity index (χ0v) is 22.2. The summed E-state index contributed by atoms with van der Waals surface area (Å²) in [6.45, 7) is 2.28. The molecule has 1 amide bonds. The number of carbonyl (C=O) groups is 1. The molecule has 3 aromatic carbocycles. The van der Waals surface area contributed by atoms with Gasteiger partial charge in [-0.05, 0) is 50.1 Å². The first-order chi connectivity index (χ1) is 19.7. The third-order valence-electron chi connectivity index (χ3n) is 7.37. The monoisotopic (exact) mass is 524 g/mol. The number of benzene rings is 3. The zero-order valence-electron chi connectivity index (χ0n) is 22.2. The lowest BCUT2D eigenvalue weighted by molar-refractivity contribution is 0.0952. The Balaban J connectivity index is 1.26. The van der Waals surface area contributed by atoms with Gasteiger partial charge in [-0.1, -0.05) is 66.7 Å². The number of amides is 1. The van der Waals surface area contributed by atoms with Gasteiger partial charge in [0.1, 0.15) is 0 Å². The standard InChI is InChI=1S/C33H28N6O/c1-22-30-28(19-29(23-17-18-23)35-32(30)39(36-22)27-15-9-4-10-16-27)33(40)34-20-25-21-38(26-13-7-3-8-14-26)37-31(25)24-11-5-2-6-12-24/h2-16,19,21,23H,17-18,20H2,1H3,(H,34,40). The molecule has 3 aromatic heterocycles. The molecule has 40 heavy (non-hydrogen) atoms. The summed E-state index contributed by atoms with van der Waals surface area (Å²) in [5, 5.41) is 13.7. The lowest BCUT2D eigenvalue weighted by Gasteiger charge is -2.10. The SMILES string of the molecule is Cc1nn(-c2ccccc2)c2nc(C3CC3)cc(C(=O)NCc3cn(-c4ccccc4)nc3-c3ccccc3)c12. The summed E-state index contributed by atoms with van der Waals surface area (Å²) in [6, 6.07) is 32.0. The topological polar surface area (TPSA) is 77.6 Å². The lowest BCUT2D eigenvalue weighted by Crippen LogP contribution is -2.23. The Bertz CT molecular complexity index is 1820. The van der Waals surface area contributed by atoms with Crippen LogP contribution in [-0.4, -0.2) is 30.5 Å². The minimum atomic E-state index is -0.142. The smallest absolute Gasteiger partial charge is 0.252 e. The van der Waals surface area contributed by atoms with Crippen LogP contribution in [0.1, 0.15) is 46.1 Å². The molecule has 0 spiro atoms. The number of rotatable bonds is 7. The van der Waals surface area contributed by atoms with Crippen LogP contribution in [0.2, 0.25) is 0 Å². The number of pyridine rings is 1. The first-order valence-corrected chi connectivity index (χ1v) is 13.6. The van der Waals surface area contributed by atoms with Crippen LogP contribution in [0.25, 0.3) is 33.7 Å². The maximum atomic E-state index is 13.8. The van der Waals surface area contributed by atoms with Crippen LogP contribution in [0.4, 0.5) is 0 Å². The average molecular weight is 525 g/mol. The fraction of sp³-hybridized carbons (Fsp3) is 0.152. The molecular formula is C33H28N6O. The van der Waals surface area contributed by atoms with Crippen molar-refractivity contribution in [3.63, 3.8) is 0 Å². The molecule has 1 N–H and O–H groups in total. The third-order valence-corrected chi connectivity index (χ3v) is 7.37. The first-order valence-electron chi connectivity index (χ1n) is 13.6. The van der Waals surface area contributed by atoms with Gasteiger partial charge in [-0.15, -0.1) is 0 Å². The summed E-state index contributed by atoms with van der Waals surface area (Å²) in [5.41, 5.74) is 7.74. The van der Waals surface area contributed by atoms with Crippen LogP contribution in [0.15, 0.2) is 103 Å². The van der Waals surface area contributed by atoms with Gasteiger partial charge in [-0.2, -0.15) is 10.2 Å². The van der Waals surface area contributed by atoms with Gasteiger partial charge < -0.3 is 5.32 Å². The second-order valence-corrected chi connectivity index (χ2v) is 10.2. The Kier molecular flexibility index (Phi) is 5.96. The summed E-state index contributed by atoms with van der Waals surface area (Å²) in [5.74, 6) is 0.251. The predicted octanol–water partition coefficient (Wildman–Crippen LogP) is 6.39. The van der Waals surface area contributed by atoms with E-state index in [0.717, 1.165) is 63.5 Å². The Labute approximate surface area is 232 Å². The molecule has 1 saturated carbocycles. The van der Waals surface area contributed by atoms with Crippen molar-refractivity contribution >= 4 is 16.9 Å². The number of carbonyl (C=O) groups excluding carboxylic acids is 1. The molecule has 7 heteroatoms. The quantitative estimate of drug-likeness (QED) is 0.263. The van der Waals surface area contributed by atoms with E-state index in [1.165, 1.54) is 0 Å². The number of nitrogens with one attached hydrogen (secondary N) is 1. The number of nitrogens with zero attached hydrogens (tertiary/aromatic N) is 5. The van der Waals surface area contributed by atoms with Crippen LogP contribution >= 0.6 is 0 Å². The van der Waals surface area contributed by atoms with Crippen molar-refractivity contribution in [3.8, 4) is 22.6 Å². The Morgan fingerprint density at radius 1 is 0.875 bits per heavy atom. The van der Waals surface area contributed by atoms with Gasteiger partial charge in [-0.25, -0.2) is 14.3 Å². The van der Waals surface area contributed by atoms with Crippen molar-refractivity contribution < 1.29 is 4.79 Å². The Hall–Kier alpha value is -5.04. The molecule has 1 aliphatic rings. The molecule has 7 nitrogen and oxygen atoms in total. The van der Waals surface area contributed by atoms with Gasteiger partial charge in [0.25, 0.3) is 5.91 Å². The molecule has 3 heterocycles. The van der Waals surface area contributed by atoms with Crippen LogP contribution in [0.5, 0.6) is 0 Å². The third kappa shape index (κ3) is 4.45. The van der Waals surface area contributed by atoms with Gasteiger partial charge in [0.05, 0.1) is 33.7 Å². The summed E-state index contributed by atoms with van der Waals surface area (Å²) in [6.07, 6.45) is 4.18. The van der Waals surface area contributed by atoms with Gasteiger partial charge in [0, 0.05) is 35.5 Å². The normalized spacial score (nSPS) is 13.0. The highest BCUT2D eigenvalue weighted by atomic mass is 16.1. The van der Waals surface area contributed by atoms with Gasteiger partial charge in [0.2, 0.25) is 0 Å².